The minimum atomic E-state index is -0.780. The van der Waals surface area contributed by atoms with Crippen molar-refractivity contribution in [1.29, 1.82) is 0 Å². The molecule has 0 aromatic rings. The van der Waals surface area contributed by atoms with Crippen LogP contribution >= 0.6 is 0 Å². The maximum absolute atomic E-state index is 11.3. The van der Waals surface area contributed by atoms with Gasteiger partial charge in [-0.25, -0.2) is 4.79 Å². The van der Waals surface area contributed by atoms with Crippen molar-refractivity contribution >= 4 is 6.16 Å². The van der Waals surface area contributed by atoms with Crippen LogP contribution < -0.4 is 0 Å². The van der Waals surface area contributed by atoms with Gasteiger partial charge in [-0.3, -0.25) is 0 Å². The van der Waals surface area contributed by atoms with Gasteiger partial charge in [-0.2, -0.15) is 0 Å². The number of carbonyl (C=O) groups excluding carboxylic acids is 1. The Morgan fingerprint density at radius 2 is 1.68 bits per heavy atom. The lowest BCUT2D eigenvalue weighted by atomic mass is 9.88. The van der Waals surface area contributed by atoms with E-state index in [0.29, 0.717) is 19.6 Å². The van der Waals surface area contributed by atoms with Gasteiger partial charge in [0.1, 0.15) is 6.61 Å². The third-order valence-corrected chi connectivity index (χ3v) is 3.13. The molecule has 0 fully saturated rings. The molecule has 19 heavy (non-hydrogen) atoms. The lowest BCUT2D eigenvalue weighted by molar-refractivity contribution is -0.0272. The van der Waals surface area contributed by atoms with Crippen molar-refractivity contribution in [1.82, 2.24) is 0 Å². The molecule has 0 rings (SSSR count). The zero-order valence-electron chi connectivity index (χ0n) is 11.9. The van der Waals surface area contributed by atoms with E-state index in [4.69, 9.17) is 14.2 Å². The summed E-state index contributed by atoms with van der Waals surface area (Å²) in [6, 6.07) is 0. The van der Waals surface area contributed by atoms with Crippen LogP contribution in [0.5, 0.6) is 0 Å². The Balaban J connectivity index is 3.69. The van der Waals surface area contributed by atoms with Gasteiger partial charge >= 0.3 is 6.16 Å². The van der Waals surface area contributed by atoms with Gasteiger partial charge in [0.25, 0.3) is 0 Å². The Hall–Kier alpha value is -0.850. The van der Waals surface area contributed by atoms with E-state index in [1.165, 1.54) is 0 Å². The first kappa shape index (κ1) is 18.1. The first-order valence-corrected chi connectivity index (χ1v) is 6.64. The van der Waals surface area contributed by atoms with Crippen molar-refractivity contribution in [2.24, 2.45) is 5.41 Å². The van der Waals surface area contributed by atoms with E-state index in [1.807, 2.05) is 6.92 Å². The molecule has 0 saturated heterocycles. The third kappa shape index (κ3) is 8.02. The van der Waals surface area contributed by atoms with E-state index >= 15 is 0 Å². The number of ether oxygens (including phenoxy) is 3. The molecule has 114 valence electrons. The van der Waals surface area contributed by atoms with E-state index in [9.17, 15) is 15.0 Å². The molecule has 0 aromatic heterocycles. The fourth-order valence-electron chi connectivity index (χ4n) is 1.40. The molecule has 0 unspecified atom stereocenters. The van der Waals surface area contributed by atoms with Crippen LogP contribution in [0, 0.1) is 5.41 Å². The molecular weight excluding hydrogens is 252 g/mol. The highest BCUT2D eigenvalue weighted by atomic mass is 16.7. The Morgan fingerprint density at radius 1 is 1.05 bits per heavy atom. The fraction of sp³-hybridized carbons (Fsp3) is 0.923. The number of aliphatic hydroxyl groups excluding tert-OH is 2. The van der Waals surface area contributed by atoms with Gasteiger partial charge in [0.05, 0.1) is 25.2 Å². The lowest BCUT2D eigenvalue weighted by Crippen LogP contribution is -2.35. The Bertz CT molecular complexity index is 219. The number of methoxy groups -OCH3 is 1. The van der Waals surface area contributed by atoms with E-state index in [0.717, 1.165) is 19.3 Å². The summed E-state index contributed by atoms with van der Waals surface area (Å²) in [6.45, 7) is 2.32. The van der Waals surface area contributed by atoms with Crippen LogP contribution in [-0.2, 0) is 14.2 Å². The molecule has 0 amide bonds. The van der Waals surface area contributed by atoms with E-state index in [-0.39, 0.29) is 19.8 Å². The Morgan fingerprint density at radius 3 is 2.21 bits per heavy atom. The molecule has 6 heteroatoms. The summed E-state index contributed by atoms with van der Waals surface area (Å²) < 4.78 is 14.7. The average molecular weight is 278 g/mol. The Kier molecular flexibility index (Phi) is 10.5. The standard InChI is InChI=1S/C13H26O6/c1-3-13(9-14,10-15)11-19-12(16)18-8-6-4-5-7-17-2/h14-15H,3-11H2,1-2H3. The van der Waals surface area contributed by atoms with Gasteiger partial charge in [0.15, 0.2) is 0 Å². The summed E-state index contributed by atoms with van der Waals surface area (Å²) in [4.78, 5) is 11.3. The number of hydrogen-bond donors (Lipinski definition) is 2. The average Bonchev–Trinajstić information content (AvgIpc) is 2.45. The molecule has 0 aliphatic rings. The predicted molar refractivity (Wildman–Crippen MR) is 69.9 cm³/mol. The van der Waals surface area contributed by atoms with Crippen molar-refractivity contribution in [3.8, 4) is 0 Å². The highest BCUT2D eigenvalue weighted by Gasteiger charge is 2.28. The number of rotatable bonds is 11. The summed E-state index contributed by atoms with van der Waals surface area (Å²) in [5.74, 6) is 0. The number of aliphatic hydroxyl groups is 2. The second-order valence-corrected chi connectivity index (χ2v) is 4.61. The van der Waals surface area contributed by atoms with E-state index < -0.39 is 11.6 Å². The Labute approximate surface area is 114 Å². The molecule has 0 aromatic carbocycles. The van der Waals surface area contributed by atoms with Gasteiger partial charge in [-0.15, -0.1) is 0 Å². The monoisotopic (exact) mass is 278 g/mol. The van der Waals surface area contributed by atoms with Crippen molar-refractivity contribution < 1.29 is 29.2 Å². The largest absolute Gasteiger partial charge is 0.508 e. The molecule has 0 aliphatic heterocycles. The normalized spacial score (nSPS) is 11.4. The molecule has 0 radical (unpaired) electrons. The van der Waals surface area contributed by atoms with Gasteiger partial charge in [-0.05, 0) is 25.7 Å². The minimum Gasteiger partial charge on any atom is -0.434 e. The van der Waals surface area contributed by atoms with Crippen molar-refractivity contribution in [2.75, 3.05) is 40.1 Å². The first-order chi connectivity index (χ1) is 9.14. The summed E-state index contributed by atoms with van der Waals surface area (Å²) in [5, 5.41) is 18.4. The highest BCUT2D eigenvalue weighted by molar-refractivity contribution is 5.59. The topological polar surface area (TPSA) is 85.2 Å². The molecule has 0 atom stereocenters. The fourth-order valence-corrected chi connectivity index (χ4v) is 1.40. The van der Waals surface area contributed by atoms with Crippen molar-refractivity contribution in [2.45, 2.75) is 32.6 Å². The second-order valence-electron chi connectivity index (χ2n) is 4.61. The van der Waals surface area contributed by atoms with Gasteiger partial charge in [0.2, 0.25) is 0 Å². The van der Waals surface area contributed by atoms with Gasteiger partial charge in [-0.1, -0.05) is 6.92 Å². The third-order valence-electron chi connectivity index (χ3n) is 3.13. The van der Waals surface area contributed by atoms with Gasteiger partial charge in [0, 0.05) is 13.7 Å². The molecule has 6 nitrogen and oxygen atoms in total. The molecule has 0 spiro atoms. The van der Waals surface area contributed by atoms with Crippen LogP contribution in [0.1, 0.15) is 32.6 Å². The zero-order chi connectivity index (χ0) is 14.6. The molecular formula is C13H26O6. The summed E-state index contributed by atoms with van der Waals surface area (Å²) in [7, 11) is 1.65. The SMILES string of the molecule is CCC(CO)(CO)COC(=O)OCCCCCOC. The number of hydrogen-bond acceptors (Lipinski definition) is 6. The van der Waals surface area contributed by atoms with Crippen LogP contribution in [0.25, 0.3) is 0 Å². The molecule has 0 bridgehead atoms. The predicted octanol–water partition coefficient (Wildman–Crippen LogP) is 1.34. The van der Waals surface area contributed by atoms with E-state index in [1.54, 1.807) is 7.11 Å². The summed E-state index contributed by atoms with van der Waals surface area (Å²) >= 11 is 0. The lowest BCUT2D eigenvalue weighted by Gasteiger charge is -2.27. The van der Waals surface area contributed by atoms with Gasteiger partial charge < -0.3 is 24.4 Å². The molecule has 0 aliphatic carbocycles. The summed E-state index contributed by atoms with van der Waals surface area (Å²) in [5.41, 5.74) is -0.780. The second kappa shape index (κ2) is 11.0. The molecule has 0 heterocycles. The smallest absolute Gasteiger partial charge is 0.434 e. The van der Waals surface area contributed by atoms with Crippen molar-refractivity contribution in [3.63, 3.8) is 0 Å². The zero-order valence-corrected chi connectivity index (χ0v) is 11.9. The molecule has 2 N–H and O–H groups in total. The van der Waals surface area contributed by atoms with Crippen LogP contribution in [0.3, 0.4) is 0 Å². The quantitative estimate of drug-likeness (QED) is 0.438. The van der Waals surface area contributed by atoms with E-state index in [2.05, 4.69) is 0 Å². The van der Waals surface area contributed by atoms with Crippen LogP contribution in [0.15, 0.2) is 0 Å². The highest BCUT2D eigenvalue weighted by Crippen LogP contribution is 2.20. The maximum atomic E-state index is 11.3. The first-order valence-electron chi connectivity index (χ1n) is 6.64. The summed E-state index contributed by atoms with van der Waals surface area (Å²) in [6.07, 6.45) is 2.38. The van der Waals surface area contributed by atoms with Crippen LogP contribution in [0.2, 0.25) is 0 Å². The minimum absolute atomic E-state index is 0.0427. The number of carbonyl (C=O) groups is 1. The van der Waals surface area contributed by atoms with Crippen molar-refractivity contribution in [3.05, 3.63) is 0 Å². The van der Waals surface area contributed by atoms with Crippen LogP contribution in [0.4, 0.5) is 4.79 Å². The number of unbranched alkanes of at least 4 members (excludes halogenated alkanes) is 2. The van der Waals surface area contributed by atoms with Crippen LogP contribution in [-0.4, -0.2) is 56.5 Å². The molecule has 0 saturated carbocycles. The maximum Gasteiger partial charge on any atom is 0.508 e.